The highest BCUT2D eigenvalue weighted by Gasteiger charge is 2.15. The lowest BCUT2D eigenvalue weighted by Crippen LogP contribution is -2.17. The first-order chi connectivity index (χ1) is 7.52. The topological polar surface area (TPSA) is 106 Å². The minimum absolute atomic E-state index is 0.0552. The first kappa shape index (κ1) is 12.2. The number of primary amides is 2. The molecule has 16 heavy (non-hydrogen) atoms. The standard InChI is InChI=1S/C11H13N2O3/c12-10(15)6-5-9(14)7-3-1-2-4-8(7)11(13)16/h1-4,6,9,14H,5H2,(H2,12,15)(H2,13,16). The summed E-state index contributed by atoms with van der Waals surface area (Å²) in [4.78, 5) is 21.6. The molecule has 0 aliphatic rings. The largest absolute Gasteiger partial charge is 0.388 e. The predicted molar refractivity (Wildman–Crippen MR) is 58.0 cm³/mol. The van der Waals surface area contributed by atoms with Gasteiger partial charge in [-0.3, -0.25) is 9.59 Å². The van der Waals surface area contributed by atoms with E-state index in [1.165, 1.54) is 6.07 Å². The molecule has 0 aliphatic carbocycles. The number of amides is 2. The molecule has 1 aromatic carbocycles. The van der Waals surface area contributed by atoms with Crippen LogP contribution in [0, 0.1) is 6.42 Å². The minimum atomic E-state index is -0.962. The molecule has 2 amide bonds. The number of rotatable bonds is 5. The number of carbonyl (C=O) groups is 2. The zero-order chi connectivity index (χ0) is 12.1. The van der Waals surface area contributed by atoms with Crippen molar-refractivity contribution >= 4 is 11.8 Å². The fraction of sp³-hybridized carbons (Fsp3) is 0.182. The molecule has 1 rings (SSSR count). The van der Waals surface area contributed by atoms with Gasteiger partial charge in [-0.2, -0.15) is 0 Å². The molecule has 0 aliphatic heterocycles. The molecule has 1 aromatic rings. The Morgan fingerprint density at radius 3 is 2.50 bits per heavy atom. The Balaban J connectivity index is 2.85. The van der Waals surface area contributed by atoms with Crippen molar-refractivity contribution in [3.8, 4) is 0 Å². The van der Waals surface area contributed by atoms with Crippen LogP contribution in [0.4, 0.5) is 0 Å². The van der Waals surface area contributed by atoms with Crippen LogP contribution in [-0.4, -0.2) is 16.9 Å². The van der Waals surface area contributed by atoms with E-state index >= 15 is 0 Å². The van der Waals surface area contributed by atoms with Crippen LogP contribution in [0.1, 0.15) is 28.4 Å². The Labute approximate surface area is 93.1 Å². The molecule has 5 N–H and O–H groups in total. The van der Waals surface area contributed by atoms with Gasteiger partial charge >= 0.3 is 0 Å². The van der Waals surface area contributed by atoms with Crippen molar-refractivity contribution < 1.29 is 14.7 Å². The number of benzene rings is 1. The zero-order valence-corrected chi connectivity index (χ0v) is 8.59. The smallest absolute Gasteiger partial charge is 0.249 e. The van der Waals surface area contributed by atoms with E-state index in [1.807, 2.05) is 0 Å². The maximum absolute atomic E-state index is 11.1. The van der Waals surface area contributed by atoms with Gasteiger partial charge < -0.3 is 16.6 Å². The third-order valence-electron chi connectivity index (χ3n) is 2.13. The normalized spacial score (nSPS) is 12.1. The molecule has 0 saturated carbocycles. The third kappa shape index (κ3) is 3.06. The maximum atomic E-state index is 11.1. The first-order valence-electron chi connectivity index (χ1n) is 4.71. The van der Waals surface area contributed by atoms with Crippen molar-refractivity contribution in [2.24, 2.45) is 11.5 Å². The van der Waals surface area contributed by atoms with Gasteiger partial charge in [-0.15, -0.1) is 0 Å². The Morgan fingerprint density at radius 2 is 1.94 bits per heavy atom. The van der Waals surface area contributed by atoms with E-state index in [0.717, 1.165) is 6.42 Å². The number of hydrogen-bond acceptors (Lipinski definition) is 3. The molecule has 0 saturated heterocycles. The summed E-state index contributed by atoms with van der Waals surface area (Å²) in [6, 6.07) is 6.42. The average molecular weight is 221 g/mol. The minimum Gasteiger partial charge on any atom is -0.388 e. The van der Waals surface area contributed by atoms with Crippen molar-refractivity contribution in [1.29, 1.82) is 0 Å². The van der Waals surface area contributed by atoms with Crippen molar-refractivity contribution in [3.05, 3.63) is 41.8 Å². The second-order valence-electron chi connectivity index (χ2n) is 3.31. The van der Waals surface area contributed by atoms with Gasteiger partial charge in [0.1, 0.15) is 0 Å². The summed E-state index contributed by atoms with van der Waals surface area (Å²) >= 11 is 0. The van der Waals surface area contributed by atoms with Crippen molar-refractivity contribution in [1.82, 2.24) is 0 Å². The lowest BCUT2D eigenvalue weighted by Gasteiger charge is -2.12. The summed E-state index contributed by atoms with van der Waals surface area (Å²) in [5.74, 6) is -1.23. The quantitative estimate of drug-likeness (QED) is 0.646. The molecule has 0 fully saturated rings. The van der Waals surface area contributed by atoms with Crippen LogP contribution in [0.2, 0.25) is 0 Å². The highest BCUT2D eigenvalue weighted by atomic mass is 16.3. The molecular weight excluding hydrogens is 208 g/mol. The summed E-state index contributed by atoms with van der Waals surface area (Å²) in [5, 5.41) is 9.75. The fourth-order valence-corrected chi connectivity index (χ4v) is 1.37. The van der Waals surface area contributed by atoms with Gasteiger partial charge in [-0.05, 0) is 18.1 Å². The van der Waals surface area contributed by atoms with Crippen LogP contribution in [0.15, 0.2) is 24.3 Å². The second kappa shape index (κ2) is 5.27. The van der Waals surface area contributed by atoms with Gasteiger partial charge in [0, 0.05) is 5.56 Å². The van der Waals surface area contributed by atoms with Crippen LogP contribution in [-0.2, 0) is 4.79 Å². The predicted octanol–water partition coefficient (Wildman–Crippen LogP) is -0.101. The average Bonchev–Trinajstić information content (AvgIpc) is 2.25. The van der Waals surface area contributed by atoms with E-state index in [2.05, 4.69) is 0 Å². The van der Waals surface area contributed by atoms with E-state index in [1.54, 1.807) is 18.2 Å². The number of nitrogens with two attached hydrogens (primary N) is 2. The molecular formula is C11H13N2O3. The van der Waals surface area contributed by atoms with Crippen LogP contribution >= 0.6 is 0 Å². The summed E-state index contributed by atoms with van der Waals surface area (Å²) in [7, 11) is 0. The van der Waals surface area contributed by atoms with Crippen LogP contribution < -0.4 is 11.5 Å². The van der Waals surface area contributed by atoms with Gasteiger partial charge in [0.25, 0.3) is 0 Å². The van der Waals surface area contributed by atoms with E-state index < -0.39 is 17.9 Å². The zero-order valence-electron chi connectivity index (χ0n) is 8.59. The van der Waals surface area contributed by atoms with Crippen LogP contribution in [0.25, 0.3) is 0 Å². The van der Waals surface area contributed by atoms with Crippen LogP contribution in [0.3, 0.4) is 0 Å². The number of aliphatic hydroxyl groups excluding tert-OH is 1. The lowest BCUT2D eigenvalue weighted by molar-refractivity contribution is -0.115. The Bertz CT molecular complexity index is 404. The summed E-state index contributed by atoms with van der Waals surface area (Å²) in [6.45, 7) is 0. The second-order valence-corrected chi connectivity index (χ2v) is 3.31. The Kier molecular flexibility index (Phi) is 4.02. The van der Waals surface area contributed by atoms with Gasteiger partial charge in [-0.1, -0.05) is 18.2 Å². The highest BCUT2D eigenvalue weighted by molar-refractivity contribution is 5.94. The fourth-order valence-electron chi connectivity index (χ4n) is 1.37. The summed E-state index contributed by atoms with van der Waals surface area (Å²) in [5.41, 5.74) is 10.7. The third-order valence-corrected chi connectivity index (χ3v) is 2.13. The van der Waals surface area contributed by atoms with E-state index in [-0.39, 0.29) is 12.0 Å². The number of hydrogen-bond donors (Lipinski definition) is 3. The highest BCUT2D eigenvalue weighted by Crippen LogP contribution is 2.21. The van der Waals surface area contributed by atoms with Gasteiger partial charge in [0.15, 0.2) is 0 Å². The molecule has 0 aromatic heterocycles. The monoisotopic (exact) mass is 221 g/mol. The van der Waals surface area contributed by atoms with Crippen molar-refractivity contribution in [3.63, 3.8) is 0 Å². The number of carbonyl (C=O) groups excluding carboxylic acids is 2. The van der Waals surface area contributed by atoms with Gasteiger partial charge in [0.05, 0.1) is 12.5 Å². The molecule has 1 radical (unpaired) electrons. The number of aliphatic hydroxyl groups is 1. The first-order valence-corrected chi connectivity index (χ1v) is 4.71. The molecule has 5 heteroatoms. The molecule has 5 nitrogen and oxygen atoms in total. The molecule has 0 bridgehead atoms. The molecule has 1 atom stereocenters. The van der Waals surface area contributed by atoms with Crippen LogP contribution in [0.5, 0.6) is 0 Å². The molecule has 0 spiro atoms. The lowest BCUT2D eigenvalue weighted by atomic mass is 9.98. The maximum Gasteiger partial charge on any atom is 0.249 e. The molecule has 1 unspecified atom stereocenters. The van der Waals surface area contributed by atoms with Gasteiger partial charge in [0.2, 0.25) is 11.8 Å². The van der Waals surface area contributed by atoms with E-state index in [9.17, 15) is 14.7 Å². The van der Waals surface area contributed by atoms with Crippen molar-refractivity contribution in [2.45, 2.75) is 12.5 Å². The molecule has 85 valence electrons. The van der Waals surface area contributed by atoms with Crippen molar-refractivity contribution in [2.75, 3.05) is 0 Å². The summed E-state index contributed by atoms with van der Waals surface area (Å²) < 4.78 is 0. The Hall–Kier alpha value is -1.88. The molecule has 0 heterocycles. The Morgan fingerprint density at radius 1 is 1.31 bits per heavy atom. The van der Waals surface area contributed by atoms with E-state index in [0.29, 0.717) is 5.56 Å². The van der Waals surface area contributed by atoms with E-state index in [4.69, 9.17) is 11.5 Å². The summed E-state index contributed by atoms with van der Waals surface area (Å²) in [6.07, 6.45) is 0.249. The SMILES string of the molecule is NC(=O)[CH]CC(O)c1ccccc1C(N)=O. The van der Waals surface area contributed by atoms with Gasteiger partial charge in [-0.25, -0.2) is 0 Å².